The maximum atomic E-state index is 12.3. The van der Waals surface area contributed by atoms with E-state index in [4.69, 9.17) is 0 Å². The van der Waals surface area contributed by atoms with Gasteiger partial charge in [-0.2, -0.15) is 39.5 Å². The Balaban J connectivity index is 6.12. The van der Waals surface area contributed by atoms with E-state index in [0.29, 0.717) is 6.92 Å². The molecule has 0 aliphatic rings. The van der Waals surface area contributed by atoms with E-state index in [1.165, 1.54) is 0 Å². The highest BCUT2D eigenvalue weighted by atomic mass is 28.4. The Morgan fingerprint density at radius 2 is 1.16 bits per heavy atom. The van der Waals surface area contributed by atoms with Crippen LogP contribution in [0.5, 0.6) is 0 Å². The summed E-state index contributed by atoms with van der Waals surface area (Å²) in [6.45, 7) is 3.25. The maximum absolute atomic E-state index is 12.3. The summed E-state index contributed by atoms with van der Waals surface area (Å²) in [5, 5.41) is 0. The molecule has 0 rings (SSSR count). The van der Waals surface area contributed by atoms with Gasteiger partial charge >= 0.3 is 31.7 Å². The first-order valence-electron chi connectivity index (χ1n) is 4.17. The minimum absolute atomic E-state index is 0.616. The molecule has 0 N–H and O–H groups in total. The molecular formula is C7H5F9O2Si. The topological polar surface area (TPSA) is 26.3 Å². The highest BCUT2D eigenvalue weighted by Gasteiger charge is 2.92. The highest BCUT2D eigenvalue weighted by Crippen LogP contribution is 2.51. The summed E-state index contributed by atoms with van der Waals surface area (Å²) in [7, 11) is -8.44. The van der Waals surface area contributed by atoms with Crippen molar-refractivity contribution in [3.8, 4) is 0 Å². The van der Waals surface area contributed by atoms with Crippen molar-refractivity contribution in [2.24, 2.45) is 0 Å². The van der Waals surface area contributed by atoms with Crippen LogP contribution in [0.1, 0.15) is 6.92 Å². The van der Waals surface area contributed by atoms with Crippen LogP contribution in [0.3, 0.4) is 0 Å². The smallest absolute Gasteiger partial charge is 0.493 e. The second-order valence-electron chi connectivity index (χ2n) is 3.34. The molecular weight excluding hydrogens is 315 g/mol. The van der Waals surface area contributed by atoms with Gasteiger partial charge in [-0.25, -0.2) is 4.79 Å². The molecule has 0 aliphatic carbocycles. The summed E-state index contributed by atoms with van der Waals surface area (Å²) in [5.41, 5.74) is -1.02. The van der Waals surface area contributed by atoms with Gasteiger partial charge in [0, 0.05) is 5.57 Å². The Hall–Kier alpha value is -1.20. The molecule has 0 atom stereocenters. The molecule has 0 heterocycles. The molecule has 0 unspecified atom stereocenters. The number of carbonyl (C=O) groups is 1. The number of hydrogen-bond donors (Lipinski definition) is 0. The average molecular weight is 320 g/mol. The van der Waals surface area contributed by atoms with Gasteiger partial charge in [-0.15, -0.1) is 0 Å². The molecule has 112 valence electrons. The fraction of sp³-hybridized carbons (Fsp3) is 0.571. The van der Waals surface area contributed by atoms with Crippen molar-refractivity contribution in [3.63, 3.8) is 0 Å². The van der Waals surface area contributed by atoms with E-state index in [1.807, 2.05) is 0 Å². The molecule has 0 bridgehead atoms. The van der Waals surface area contributed by atoms with Gasteiger partial charge in [-0.05, 0) is 6.92 Å². The zero-order valence-electron chi connectivity index (χ0n) is 8.93. The first-order valence-corrected chi connectivity index (χ1v) is 6.08. The van der Waals surface area contributed by atoms with Crippen LogP contribution < -0.4 is 0 Å². The second-order valence-corrected chi connectivity index (χ2v) is 6.61. The fourth-order valence-electron chi connectivity index (χ4n) is 0.882. The van der Waals surface area contributed by atoms with Gasteiger partial charge < -0.3 is 4.43 Å². The van der Waals surface area contributed by atoms with E-state index in [9.17, 15) is 44.3 Å². The van der Waals surface area contributed by atoms with Gasteiger partial charge in [-0.1, -0.05) is 6.58 Å². The van der Waals surface area contributed by atoms with Crippen LogP contribution in [-0.2, 0) is 9.22 Å². The molecule has 0 aliphatic heterocycles. The van der Waals surface area contributed by atoms with E-state index in [-0.39, 0.29) is 0 Å². The third-order valence-corrected chi connectivity index (χ3v) is 4.68. The molecule has 0 aromatic carbocycles. The van der Waals surface area contributed by atoms with Gasteiger partial charge in [0.15, 0.2) is 0 Å². The van der Waals surface area contributed by atoms with Crippen LogP contribution >= 0.6 is 0 Å². The molecule has 0 amide bonds. The maximum Gasteiger partial charge on any atom is 0.599 e. The predicted molar refractivity (Wildman–Crippen MR) is 44.8 cm³/mol. The zero-order chi connectivity index (χ0) is 15.9. The monoisotopic (exact) mass is 320 g/mol. The number of rotatable bonds is 2. The van der Waals surface area contributed by atoms with Gasteiger partial charge in [0.1, 0.15) is 0 Å². The molecule has 2 nitrogen and oxygen atoms in total. The van der Waals surface area contributed by atoms with Crippen molar-refractivity contribution in [3.05, 3.63) is 12.2 Å². The lowest BCUT2D eigenvalue weighted by atomic mass is 10.4. The first kappa shape index (κ1) is 17.8. The Morgan fingerprint density at radius 3 is 1.32 bits per heavy atom. The van der Waals surface area contributed by atoms with Crippen molar-refractivity contribution in [2.75, 3.05) is 0 Å². The minimum atomic E-state index is -8.44. The third kappa shape index (κ3) is 3.04. The molecule has 12 heteroatoms. The van der Waals surface area contributed by atoms with E-state index < -0.39 is 37.3 Å². The molecule has 0 radical (unpaired) electrons. The fourth-order valence-corrected chi connectivity index (χ4v) is 2.65. The van der Waals surface area contributed by atoms with Crippen LogP contribution in [-0.4, -0.2) is 31.7 Å². The van der Waals surface area contributed by atoms with Crippen molar-refractivity contribution in [1.29, 1.82) is 0 Å². The normalized spacial score (nSPS) is 14.2. The van der Waals surface area contributed by atoms with Crippen LogP contribution in [0.2, 0.25) is 0 Å². The van der Waals surface area contributed by atoms with Crippen LogP contribution in [0, 0.1) is 0 Å². The zero-order valence-corrected chi connectivity index (χ0v) is 9.93. The molecule has 0 aromatic heterocycles. The van der Waals surface area contributed by atoms with Crippen LogP contribution in [0.15, 0.2) is 12.2 Å². The number of carbonyl (C=O) groups excluding carboxylic acids is 1. The summed E-state index contributed by atoms with van der Waals surface area (Å²) in [4.78, 5) is 10.7. The predicted octanol–water partition coefficient (Wildman–Crippen LogP) is 3.36. The van der Waals surface area contributed by atoms with E-state index >= 15 is 0 Å². The lowest BCUT2D eigenvalue weighted by Crippen LogP contribution is -2.74. The third-order valence-electron chi connectivity index (χ3n) is 1.79. The molecule has 0 saturated heterocycles. The SMILES string of the molecule is C=C(C)C(=O)O[Si](C(F)(F)F)(C(F)(F)F)C(F)(F)F. The number of hydrogen-bond acceptors (Lipinski definition) is 2. The Bertz CT molecular complexity index is 341. The Kier molecular flexibility index (Phi) is 4.42. The standard InChI is InChI=1S/C7H5F9O2Si/c1-3(2)4(17)18-19(5(8,9)10,6(11,12)13)7(14,15)16/h1H2,2H3. The molecule has 19 heavy (non-hydrogen) atoms. The molecule has 0 aromatic rings. The number of halogens is 9. The van der Waals surface area contributed by atoms with Crippen molar-refractivity contribution < 1.29 is 48.7 Å². The molecule has 0 saturated carbocycles. The summed E-state index contributed by atoms with van der Waals surface area (Å²) in [6.07, 6.45) is 0. The highest BCUT2D eigenvalue weighted by molar-refractivity contribution is 6.80. The number of alkyl halides is 9. The largest absolute Gasteiger partial charge is 0.599 e. The summed E-state index contributed by atoms with van der Waals surface area (Å²) in [5.74, 6) is -22.8. The lowest BCUT2D eigenvalue weighted by molar-refractivity contribution is -0.195. The summed E-state index contributed by atoms with van der Waals surface area (Å²) in [6, 6.07) is 0. The van der Waals surface area contributed by atoms with Crippen molar-refractivity contribution in [2.45, 2.75) is 24.3 Å². The minimum Gasteiger partial charge on any atom is -0.493 e. The van der Waals surface area contributed by atoms with Crippen LogP contribution in [0.25, 0.3) is 0 Å². The van der Waals surface area contributed by atoms with E-state index in [2.05, 4.69) is 11.0 Å². The summed E-state index contributed by atoms with van der Waals surface area (Å²) < 4.78 is 114. The first-order chi connectivity index (χ1) is 8.08. The van der Waals surface area contributed by atoms with Gasteiger partial charge in [0.2, 0.25) is 0 Å². The second kappa shape index (κ2) is 4.72. The van der Waals surface area contributed by atoms with Gasteiger partial charge in [0.25, 0.3) is 0 Å². The van der Waals surface area contributed by atoms with Crippen LogP contribution in [0.4, 0.5) is 39.5 Å². The average Bonchev–Trinajstić information content (AvgIpc) is 2.06. The van der Waals surface area contributed by atoms with Gasteiger partial charge in [-0.3, -0.25) is 0 Å². The lowest BCUT2D eigenvalue weighted by Gasteiger charge is -2.34. The molecule has 0 fully saturated rings. The quantitative estimate of drug-likeness (QED) is 0.443. The Morgan fingerprint density at radius 1 is 0.895 bits per heavy atom. The van der Waals surface area contributed by atoms with E-state index in [0.717, 1.165) is 0 Å². The van der Waals surface area contributed by atoms with Gasteiger partial charge in [0.05, 0.1) is 0 Å². The van der Waals surface area contributed by atoms with Crippen molar-refractivity contribution in [1.82, 2.24) is 0 Å². The Labute approximate surface area is 101 Å². The van der Waals surface area contributed by atoms with E-state index in [1.54, 1.807) is 0 Å². The van der Waals surface area contributed by atoms with Crippen molar-refractivity contribution >= 4 is 14.3 Å². The molecule has 0 spiro atoms. The summed E-state index contributed by atoms with van der Waals surface area (Å²) >= 11 is 0.